The van der Waals surface area contributed by atoms with Crippen LogP contribution in [0.2, 0.25) is 20.1 Å². The third-order valence-electron chi connectivity index (χ3n) is 28.9. The van der Waals surface area contributed by atoms with E-state index in [2.05, 4.69) is 364 Å². The molecule has 32 aromatic rings. The normalized spacial score (nSPS) is 12.0. The Morgan fingerprint density at radius 3 is 1.26 bits per heavy atom. The van der Waals surface area contributed by atoms with Crippen LogP contribution in [0.1, 0.15) is 0 Å². The first kappa shape index (κ1) is 83.8. The summed E-state index contributed by atoms with van der Waals surface area (Å²) in [6.07, 6.45) is 0. The Kier molecular flexibility index (Phi) is 19.3. The first-order valence-electron chi connectivity index (χ1n) is 47.8. The molecule has 0 spiro atoms. The van der Waals surface area contributed by atoms with Crippen LogP contribution in [-0.2, 0) is 0 Å². The van der Waals surface area contributed by atoms with Crippen LogP contribution in [0.3, 0.4) is 0 Å². The summed E-state index contributed by atoms with van der Waals surface area (Å²) in [4.78, 5) is 0. The highest BCUT2D eigenvalue weighted by Crippen LogP contribution is 2.52. The average molecular weight is 1940 g/mol. The fourth-order valence-electron chi connectivity index (χ4n) is 22.3. The second kappa shape index (κ2) is 33.2. The van der Waals surface area contributed by atoms with E-state index in [9.17, 15) is 0 Å². The van der Waals surface area contributed by atoms with Crippen molar-refractivity contribution in [3.63, 3.8) is 0 Å². The van der Waals surface area contributed by atoms with Gasteiger partial charge in [-0.1, -0.05) is 356 Å². The highest BCUT2D eigenvalue weighted by molar-refractivity contribution is 7.26. The molecule has 0 saturated heterocycles. The molecule has 12 heteroatoms. The van der Waals surface area contributed by atoms with Gasteiger partial charge in [-0.15, -0.1) is 11.3 Å². The predicted molar refractivity (Wildman–Crippen MR) is 607 cm³/mol. The van der Waals surface area contributed by atoms with Crippen molar-refractivity contribution in [1.29, 1.82) is 0 Å². The van der Waals surface area contributed by atoms with Crippen molar-refractivity contribution < 1.29 is 30.9 Å². The molecule has 8 heterocycles. The maximum atomic E-state index is 6.71. The summed E-state index contributed by atoms with van der Waals surface area (Å²) in [6.45, 7) is 0. The topological polar surface area (TPSA) is 92.0 Å². The Bertz CT molecular complexity index is 11000. The van der Waals surface area contributed by atoms with Crippen LogP contribution in [-0.4, -0.2) is 0 Å². The first-order valence-corrected chi connectivity index (χ1v) is 50.2. The third kappa shape index (κ3) is 13.5. The number of fused-ring (bicyclic) bond motifs is 36. The summed E-state index contributed by atoms with van der Waals surface area (Å²) in [7, 11) is 0. The van der Waals surface area contributed by atoms with Gasteiger partial charge in [-0.05, 0) is 209 Å². The third-order valence-corrected chi connectivity index (χ3v) is 31.1. The van der Waals surface area contributed by atoms with Gasteiger partial charge in [0.25, 0.3) is 0 Å². The number of para-hydroxylation sites is 5. The SMILES string of the molecule is Clc1ccc(-c2cccc3oc4c(-c5cc6c7ccc8ccccc8c7oc6c6ccccc56)cccc4c23)cc1.Clc1ccc2c(c1)oc1c(-c3ccc4oc5cc6ccccc6cc5c4c3)cccc12.Clc1ccc2oc3c(-c4ccc5sc6c7ccccc7ccc6c5c4)cccc3c2c1.Clc1cccc(-c2cccc3c2oc2c(-c4ccc5oc6c7ccccc7c7ccccc7c6c5c4)cccc23)c1. The number of furan rings is 7. The summed E-state index contributed by atoms with van der Waals surface area (Å²) in [5.74, 6) is 0. The smallest absolute Gasteiger partial charge is 0.143 e. The van der Waals surface area contributed by atoms with Gasteiger partial charge in [0, 0.05) is 166 Å². The lowest BCUT2D eigenvalue weighted by molar-refractivity contribution is 0.668. The van der Waals surface area contributed by atoms with E-state index >= 15 is 0 Å². The molecule has 24 aromatic carbocycles. The molecule has 7 nitrogen and oxygen atoms in total. The van der Waals surface area contributed by atoms with Crippen LogP contribution in [0.5, 0.6) is 0 Å². The van der Waals surface area contributed by atoms with Gasteiger partial charge in [-0.25, -0.2) is 0 Å². The first-order chi connectivity index (χ1) is 71.0. The Labute approximate surface area is 843 Å². The highest BCUT2D eigenvalue weighted by Gasteiger charge is 2.26. The standard InChI is InChI=1S/2C38H21ClO2.C28H15ClO2.C28H15ClOS/c39-24-9-5-8-22(20-24)25-14-6-16-31-32-17-7-15-26(37(32)41-36(25)31)23-18-19-34-33(21-23)35-29-12-3-1-10-27(29)28-11-2-4-13-30(28)38(35)40-34;39-24-18-15-23(16-19-24)25-11-6-14-34-35(25)31-13-5-12-29(37(31)40-34)32-21-33-30-20-17-22-7-1-2-8-26(22)36(30)41-38(33)28-10-4-3-9-27(28)32;29-19-9-10-21-22-7-3-6-20(28(22)31-27(21)15-19)18-8-11-25-23(13-18)24-12-16-4-1-2-5-17(16)14-26(24)30-25;29-18-10-12-25-23(15-18)21-7-3-6-19(27(21)30-25)17-9-13-26-24(14-17)22-11-8-16-4-1-2-5-20(16)28(22)31-26/h2*1-21H;2*1-15H. The molecule has 0 bridgehead atoms. The zero-order valence-corrected chi connectivity index (χ0v) is 80.2. The Morgan fingerprint density at radius 2 is 0.549 bits per heavy atom. The minimum absolute atomic E-state index is 0.673. The fourth-order valence-corrected chi connectivity index (χ4v) is 24.2. The van der Waals surface area contributed by atoms with Crippen molar-refractivity contribution in [2.75, 3.05) is 0 Å². The monoisotopic (exact) mass is 1940 g/mol. The quantitative estimate of drug-likeness (QED) is 0.153. The summed E-state index contributed by atoms with van der Waals surface area (Å²) < 4.78 is 47.9. The molecule has 0 amide bonds. The minimum Gasteiger partial charge on any atom is -0.456 e. The van der Waals surface area contributed by atoms with Gasteiger partial charge in [0.05, 0.1) is 0 Å². The van der Waals surface area contributed by atoms with Gasteiger partial charge < -0.3 is 30.9 Å². The van der Waals surface area contributed by atoms with E-state index in [1.807, 2.05) is 84.1 Å². The Morgan fingerprint density at radius 1 is 0.146 bits per heavy atom. The van der Waals surface area contributed by atoms with Crippen molar-refractivity contribution in [2.45, 2.75) is 0 Å². The van der Waals surface area contributed by atoms with Gasteiger partial charge in [0.2, 0.25) is 0 Å². The van der Waals surface area contributed by atoms with Crippen LogP contribution in [0.25, 0.3) is 305 Å². The molecule has 0 N–H and O–H groups in total. The Balaban J connectivity index is 0.0000000921. The molecule has 8 aromatic heterocycles. The highest BCUT2D eigenvalue weighted by atomic mass is 35.5. The number of thiophene rings is 1. The van der Waals surface area contributed by atoms with Gasteiger partial charge in [0.1, 0.15) is 78.2 Å². The second-order valence-electron chi connectivity index (χ2n) is 37.0. The van der Waals surface area contributed by atoms with Gasteiger partial charge in [0.15, 0.2) is 0 Å². The maximum Gasteiger partial charge on any atom is 0.143 e. The van der Waals surface area contributed by atoms with E-state index in [-0.39, 0.29) is 0 Å². The van der Waals surface area contributed by atoms with Gasteiger partial charge in [-0.3, -0.25) is 0 Å². The van der Waals surface area contributed by atoms with Crippen LogP contribution >= 0.6 is 57.7 Å². The molecule has 144 heavy (non-hydrogen) atoms. The average Bonchev–Trinajstić information content (AvgIpc) is 1.70. The van der Waals surface area contributed by atoms with Crippen LogP contribution in [0.4, 0.5) is 0 Å². The predicted octanol–water partition coefficient (Wildman–Crippen LogP) is 41.9. The van der Waals surface area contributed by atoms with E-state index in [0.717, 1.165) is 252 Å². The maximum absolute atomic E-state index is 6.71. The zero-order chi connectivity index (χ0) is 95.2. The van der Waals surface area contributed by atoms with Crippen molar-refractivity contribution in [1.82, 2.24) is 0 Å². The number of benzene rings is 24. The molecule has 0 radical (unpaired) electrons. The molecule has 0 atom stereocenters. The summed E-state index contributed by atoms with van der Waals surface area (Å²) in [5.41, 5.74) is 25.4. The Hall–Kier alpha value is -17.2. The summed E-state index contributed by atoms with van der Waals surface area (Å²) >= 11 is 26.8. The molecular formula is C132H72Cl4O7S. The fraction of sp³-hybridized carbons (Fsp3) is 0. The van der Waals surface area contributed by atoms with Crippen molar-refractivity contribution >= 4 is 296 Å². The number of hydrogen-bond acceptors (Lipinski definition) is 8. The van der Waals surface area contributed by atoms with Crippen molar-refractivity contribution in [3.05, 3.63) is 457 Å². The van der Waals surface area contributed by atoms with Crippen molar-refractivity contribution in [2.24, 2.45) is 0 Å². The lowest BCUT2D eigenvalue weighted by Crippen LogP contribution is -1.84. The lowest BCUT2D eigenvalue weighted by Gasteiger charge is -2.09. The zero-order valence-electron chi connectivity index (χ0n) is 76.3. The molecule has 0 aliphatic carbocycles. The van der Waals surface area contributed by atoms with E-state index < -0.39 is 0 Å². The van der Waals surface area contributed by atoms with Crippen LogP contribution < -0.4 is 0 Å². The van der Waals surface area contributed by atoms with E-state index in [1.54, 1.807) is 0 Å². The molecule has 0 saturated carbocycles. The minimum atomic E-state index is 0.673. The molecule has 0 aliphatic heterocycles. The van der Waals surface area contributed by atoms with Crippen LogP contribution in [0, 0.1) is 0 Å². The van der Waals surface area contributed by atoms with Gasteiger partial charge in [-0.2, -0.15) is 0 Å². The summed E-state index contributed by atoms with van der Waals surface area (Å²) in [5, 5.41) is 35.1. The van der Waals surface area contributed by atoms with E-state index in [1.165, 1.54) is 63.3 Å². The molecule has 32 rings (SSSR count). The number of rotatable bonds is 6. The molecule has 676 valence electrons. The molecule has 0 aliphatic rings. The lowest BCUT2D eigenvalue weighted by atomic mass is 9.93. The second-order valence-corrected chi connectivity index (χ2v) is 39.8. The summed E-state index contributed by atoms with van der Waals surface area (Å²) in [6, 6.07) is 152. The number of hydrogen-bond donors (Lipinski definition) is 0. The van der Waals surface area contributed by atoms with E-state index in [0.29, 0.717) is 10.0 Å². The van der Waals surface area contributed by atoms with Crippen molar-refractivity contribution in [3.8, 4) is 66.8 Å². The molecule has 0 fully saturated rings. The largest absolute Gasteiger partial charge is 0.456 e. The molecular weight excluding hydrogens is 1870 g/mol. The molecule has 0 unspecified atom stereocenters. The van der Waals surface area contributed by atoms with Gasteiger partial charge >= 0.3 is 0 Å². The van der Waals surface area contributed by atoms with E-state index in [4.69, 9.17) is 77.3 Å². The van der Waals surface area contributed by atoms with Crippen LogP contribution in [0.15, 0.2) is 468 Å². The number of halogens is 4.